The molecule has 4 nitrogen and oxygen atoms in total. The van der Waals surface area contributed by atoms with Crippen LogP contribution < -0.4 is 10.1 Å². The third kappa shape index (κ3) is 3.82. The summed E-state index contributed by atoms with van der Waals surface area (Å²) >= 11 is 6.02. The van der Waals surface area contributed by atoms with Gasteiger partial charge >= 0.3 is 5.97 Å². The molecule has 5 heteroatoms. The highest BCUT2D eigenvalue weighted by Gasteiger charge is 2.07. The number of carbonyl (C=O) groups is 1. The standard InChI is InChI=1S/C12H16ClNO3/c1-8-6-11(16-2)10(7-9(8)13)14-5-4-12(15)17-3/h6-7,14H,4-5H2,1-3H3. The summed E-state index contributed by atoms with van der Waals surface area (Å²) in [6, 6.07) is 3.63. The van der Waals surface area contributed by atoms with Gasteiger partial charge in [0.15, 0.2) is 0 Å². The highest BCUT2D eigenvalue weighted by atomic mass is 35.5. The molecule has 1 N–H and O–H groups in total. The largest absolute Gasteiger partial charge is 0.495 e. The van der Waals surface area contributed by atoms with E-state index in [2.05, 4.69) is 10.1 Å². The van der Waals surface area contributed by atoms with Crippen molar-refractivity contribution in [3.8, 4) is 5.75 Å². The molecular formula is C12H16ClNO3. The van der Waals surface area contributed by atoms with Gasteiger partial charge in [0.25, 0.3) is 0 Å². The van der Waals surface area contributed by atoms with Gasteiger partial charge in [-0.25, -0.2) is 0 Å². The van der Waals surface area contributed by atoms with Crippen molar-refractivity contribution in [1.82, 2.24) is 0 Å². The van der Waals surface area contributed by atoms with Crippen LogP contribution >= 0.6 is 11.6 Å². The van der Waals surface area contributed by atoms with E-state index in [9.17, 15) is 4.79 Å². The fourth-order valence-electron chi connectivity index (χ4n) is 1.36. The number of hydrogen-bond donors (Lipinski definition) is 1. The van der Waals surface area contributed by atoms with Crippen LogP contribution in [-0.2, 0) is 9.53 Å². The van der Waals surface area contributed by atoms with Crippen LogP contribution in [0.4, 0.5) is 5.69 Å². The van der Waals surface area contributed by atoms with Gasteiger partial charge in [-0.2, -0.15) is 0 Å². The van der Waals surface area contributed by atoms with Gasteiger partial charge in [0, 0.05) is 11.6 Å². The summed E-state index contributed by atoms with van der Waals surface area (Å²) in [4.78, 5) is 11.0. The molecule has 1 aromatic rings. The molecule has 0 aliphatic heterocycles. The van der Waals surface area contributed by atoms with Gasteiger partial charge in [-0.05, 0) is 24.6 Å². The van der Waals surface area contributed by atoms with Crippen molar-refractivity contribution in [3.63, 3.8) is 0 Å². The third-order valence-electron chi connectivity index (χ3n) is 2.35. The van der Waals surface area contributed by atoms with Gasteiger partial charge in [-0.15, -0.1) is 0 Å². The van der Waals surface area contributed by atoms with Crippen LogP contribution in [0.15, 0.2) is 12.1 Å². The molecule has 1 aromatic carbocycles. The summed E-state index contributed by atoms with van der Waals surface area (Å²) in [5, 5.41) is 3.75. The van der Waals surface area contributed by atoms with E-state index in [1.807, 2.05) is 13.0 Å². The van der Waals surface area contributed by atoms with Crippen LogP contribution in [0.25, 0.3) is 0 Å². The fraction of sp³-hybridized carbons (Fsp3) is 0.417. The Hall–Kier alpha value is -1.42. The maximum atomic E-state index is 11.0. The Morgan fingerprint density at radius 3 is 2.71 bits per heavy atom. The number of carbonyl (C=O) groups excluding carboxylic acids is 1. The maximum absolute atomic E-state index is 11.0. The zero-order valence-electron chi connectivity index (χ0n) is 10.2. The summed E-state index contributed by atoms with van der Waals surface area (Å²) in [5.41, 5.74) is 1.72. The topological polar surface area (TPSA) is 47.6 Å². The second kappa shape index (κ2) is 6.35. The second-order valence-electron chi connectivity index (χ2n) is 3.55. The zero-order valence-corrected chi connectivity index (χ0v) is 10.9. The molecule has 0 aromatic heterocycles. The molecule has 0 bridgehead atoms. The molecule has 94 valence electrons. The highest BCUT2D eigenvalue weighted by molar-refractivity contribution is 6.31. The van der Waals surface area contributed by atoms with Crippen molar-refractivity contribution in [3.05, 3.63) is 22.7 Å². The minimum Gasteiger partial charge on any atom is -0.495 e. The van der Waals surface area contributed by atoms with Crippen LogP contribution in [0.2, 0.25) is 5.02 Å². The van der Waals surface area contributed by atoms with Crippen LogP contribution in [0.1, 0.15) is 12.0 Å². The smallest absolute Gasteiger partial charge is 0.307 e. The molecule has 0 radical (unpaired) electrons. The van der Waals surface area contributed by atoms with Crippen molar-refractivity contribution in [2.45, 2.75) is 13.3 Å². The van der Waals surface area contributed by atoms with Crippen molar-refractivity contribution in [1.29, 1.82) is 0 Å². The Bertz CT molecular complexity index is 407. The Kier molecular flexibility index (Phi) is 5.10. The van der Waals surface area contributed by atoms with E-state index >= 15 is 0 Å². The predicted molar refractivity (Wildman–Crippen MR) is 67.9 cm³/mol. The Morgan fingerprint density at radius 1 is 1.41 bits per heavy atom. The molecule has 0 aliphatic carbocycles. The molecule has 0 heterocycles. The zero-order chi connectivity index (χ0) is 12.8. The van der Waals surface area contributed by atoms with Crippen LogP contribution in [0.5, 0.6) is 5.75 Å². The SMILES string of the molecule is COC(=O)CCNc1cc(Cl)c(C)cc1OC. The lowest BCUT2D eigenvalue weighted by Gasteiger charge is -2.12. The predicted octanol–water partition coefficient (Wildman–Crippen LogP) is 2.63. The summed E-state index contributed by atoms with van der Waals surface area (Å²) in [5.74, 6) is 0.450. The molecule has 1 rings (SSSR count). The molecule has 0 fully saturated rings. The number of rotatable bonds is 5. The Balaban J connectivity index is 2.69. The Morgan fingerprint density at radius 2 is 2.12 bits per heavy atom. The molecule has 0 spiro atoms. The highest BCUT2D eigenvalue weighted by Crippen LogP contribution is 2.30. The van der Waals surface area contributed by atoms with Gasteiger partial charge in [0.05, 0.1) is 26.3 Å². The lowest BCUT2D eigenvalue weighted by molar-refractivity contribution is -0.140. The number of esters is 1. The van der Waals surface area contributed by atoms with E-state index < -0.39 is 0 Å². The summed E-state index contributed by atoms with van der Waals surface area (Å²) in [7, 11) is 2.96. The number of nitrogens with one attached hydrogen (secondary N) is 1. The molecule has 0 aliphatic rings. The normalized spacial score (nSPS) is 9.88. The molecule has 17 heavy (non-hydrogen) atoms. The van der Waals surface area contributed by atoms with Gasteiger partial charge < -0.3 is 14.8 Å². The maximum Gasteiger partial charge on any atom is 0.307 e. The second-order valence-corrected chi connectivity index (χ2v) is 3.96. The lowest BCUT2D eigenvalue weighted by Crippen LogP contribution is -2.10. The average Bonchev–Trinajstić information content (AvgIpc) is 2.32. The van der Waals surface area contributed by atoms with Crippen molar-refractivity contribution in [2.75, 3.05) is 26.1 Å². The van der Waals surface area contributed by atoms with Crippen LogP contribution in [0.3, 0.4) is 0 Å². The fourth-order valence-corrected chi connectivity index (χ4v) is 1.53. The first-order valence-corrected chi connectivity index (χ1v) is 5.61. The number of benzene rings is 1. The van der Waals surface area contributed by atoms with Crippen LogP contribution in [-0.4, -0.2) is 26.7 Å². The summed E-state index contributed by atoms with van der Waals surface area (Å²) in [6.07, 6.45) is 0.297. The molecule has 0 atom stereocenters. The third-order valence-corrected chi connectivity index (χ3v) is 2.76. The minimum atomic E-state index is -0.255. The van der Waals surface area contributed by atoms with Gasteiger partial charge in [0.1, 0.15) is 5.75 Å². The van der Waals surface area contributed by atoms with Crippen LogP contribution in [0, 0.1) is 6.92 Å². The summed E-state index contributed by atoms with van der Waals surface area (Å²) < 4.78 is 9.78. The van der Waals surface area contributed by atoms with Crippen molar-refractivity contribution >= 4 is 23.3 Å². The number of hydrogen-bond acceptors (Lipinski definition) is 4. The van der Waals surface area contributed by atoms with E-state index in [1.54, 1.807) is 13.2 Å². The molecular weight excluding hydrogens is 242 g/mol. The molecule has 0 saturated carbocycles. The van der Waals surface area contributed by atoms with Gasteiger partial charge in [0.2, 0.25) is 0 Å². The summed E-state index contributed by atoms with van der Waals surface area (Å²) in [6.45, 7) is 2.38. The van der Waals surface area contributed by atoms with Gasteiger partial charge in [-0.3, -0.25) is 4.79 Å². The molecule has 0 saturated heterocycles. The number of aryl methyl sites for hydroxylation is 1. The van der Waals surface area contributed by atoms with E-state index in [4.69, 9.17) is 16.3 Å². The number of ether oxygens (including phenoxy) is 2. The monoisotopic (exact) mass is 257 g/mol. The first kappa shape index (κ1) is 13.6. The van der Waals surface area contributed by atoms with E-state index in [0.29, 0.717) is 23.7 Å². The van der Waals surface area contributed by atoms with E-state index in [1.165, 1.54) is 7.11 Å². The van der Waals surface area contributed by atoms with E-state index in [-0.39, 0.29) is 5.97 Å². The average molecular weight is 258 g/mol. The first-order chi connectivity index (χ1) is 8.08. The molecule has 0 unspecified atom stereocenters. The number of halogens is 1. The quantitative estimate of drug-likeness (QED) is 0.824. The molecule has 0 amide bonds. The Labute approximate surface area is 106 Å². The number of anilines is 1. The van der Waals surface area contributed by atoms with E-state index in [0.717, 1.165) is 11.3 Å². The van der Waals surface area contributed by atoms with Crippen molar-refractivity contribution in [2.24, 2.45) is 0 Å². The first-order valence-electron chi connectivity index (χ1n) is 5.23. The lowest BCUT2D eigenvalue weighted by atomic mass is 10.2. The minimum absolute atomic E-state index is 0.255. The number of methoxy groups -OCH3 is 2. The van der Waals surface area contributed by atoms with Gasteiger partial charge in [-0.1, -0.05) is 11.6 Å². The van der Waals surface area contributed by atoms with Crippen molar-refractivity contribution < 1.29 is 14.3 Å².